The second-order valence-electron chi connectivity index (χ2n) is 0.740. The molecule has 0 fully saturated rings. The summed E-state index contributed by atoms with van der Waals surface area (Å²) in [5.74, 6) is 0. The maximum Gasteiger partial charge on any atom is 3.00 e. The average Bonchev–Trinajstić information content (AvgIpc) is 1.41. The van der Waals surface area contributed by atoms with Crippen LogP contribution < -0.4 is 5.32 Å². The number of aliphatic hydroxyl groups excluding tert-OH is 1. The van der Waals surface area contributed by atoms with Crippen molar-refractivity contribution >= 4 is 0 Å². The molecule has 6 heavy (non-hydrogen) atoms. The van der Waals surface area contributed by atoms with Crippen LogP contribution in [0.15, 0.2) is 0 Å². The van der Waals surface area contributed by atoms with Gasteiger partial charge in [-0.15, -0.1) is 6.54 Å². The summed E-state index contributed by atoms with van der Waals surface area (Å²) in [4.78, 5) is 0. The molecule has 0 aliphatic heterocycles. The Hall–Kier alpha value is 1.02. The zero-order chi connectivity index (χ0) is 4.12. The summed E-state index contributed by atoms with van der Waals surface area (Å²) in [6, 6.07) is 0. The Labute approximate surface area is 63.2 Å². The van der Waals surface area contributed by atoms with Crippen molar-refractivity contribution in [2.45, 2.75) is 0 Å². The summed E-state index contributed by atoms with van der Waals surface area (Å²) in [7, 11) is 1.77. The van der Waals surface area contributed by atoms with Crippen molar-refractivity contribution in [3.8, 4) is 0 Å². The van der Waals surface area contributed by atoms with Crippen molar-refractivity contribution < 1.29 is 37.8 Å². The van der Waals surface area contributed by atoms with Crippen LogP contribution in [0.5, 0.6) is 0 Å². The molecule has 0 aromatic rings. The van der Waals surface area contributed by atoms with Gasteiger partial charge in [0.1, 0.15) is 0 Å². The first-order chi connectivity index (χ1) is 2.41. The molecule has 0 atom stereocenters. The first kappa shape index (κ1) is 10.1. The van der Waals surface area contributed by atoms with Gasteiger partial charge in [-0.05, 0) is 7.05 Å². The number of aliphatic hydroxyl groups is 1. The largest absolute Gasteiger partial charge is 3.00 e. The molecule has 0 bridgehead atoms. The molecule has 0 rings (SSSR count). The molecule has 0 aromatic heterocycles. The van der Waals surface area contributed by atoms with Gasteiger partial charge in [-0.1, -0.05) is 0 Å². The van der Waals surface area contributed by atoms with Gasteiger partial charge in [0.2, 0.25) is 0 Å². The first-order valence-corrected chi connectivity index (χ1v) is 1.52. The third-order valence-electron chi connectivity index (χ3n) is 0.295. The molecule has 0 unspecified atom stereocenters. The van der Waals surface area contributed by atoms with E-state index in [-0.39, 0.29) is 32.7 Å². The second kappa shape index (κ2) is 9.39. The molecular formula is C3H8NOY+2. The van der Waals surface area contributed by atoms with Gasteiger partial charge < -0.3 is 10.4 Å². The minimum Gasteiger partial charge on any atom is -0.565 e. The van der Waals surface area contributed by atoms with E-state index < -0.39 is 0 Å². The third kappa shape index (κ3) is 8.90. The summed E-state index contributed by atoms with van der Waals surface area (Å²) in [5, 5.41) is 10.6. The molecule has 0 aliphatic carbocycles. The molecule has 3 heteroatoms. The zero-order valence-corrected chi connectivity index (χ0v) is 6.65. The van der Waals surface area contributed by atoms with Crippen LogP contribution in [0.2, 0.25) is 0 Å². The third-order valence-corrected chi connectivity index (χ3v) is 0.295. The summed E-state index contributed by atoms with van der Waals surface area (Å²) in [6.07, 6.45) is 0. The van der Waals surface area contributed by atoms with E-state index in [1.165, 1.54) is 0 Å². The van der Waals surface area contributed by atoms with E-state index in [0.717, 1.165) is 6.61 Å². The monoisotopic (exact) mass is 163 g/mol. The van der Waals surface area contributed by atoms with E-state index >= 15 is 0 Å². The smallest absolute Gasteiger partial charge is 0.565 e. The van der Waals surface area contributed by atoms with Gasteiger partial charge in [0.15, 0.2) is 0 Å². The van der Waals surface area contributed by atoms with Crippen LogP contribution in [0.3, 0.4) is 0 Å². The number of hydrogen-bond acceptors (Lipinski definition) is 2. The quantitative estimate of drug-likeness (QED) is 0.549. The van der Waals surface area contributed by atoms with Gasteiger partial charge in [0.25, 0.3) is 0 Å². The van der Waals surface area contributed by atoms with Crippen molar-refractivity contribution in [3.63, 3.8) is 0 Å². The standard InChI is InChI=1S/C3H8NO.Y/c1-4-2-3-5;/h3-5H,2H2,1H3;/q-1;+3. The topological polar surface area (TPSA) is 32.3 Å². The van der Waals surface area contributed by atoms with E-state index in [4.69, 9.17) is 5.11 Å². The van der Waals surface area contributed by atoms with Gasteiger partial charge in [-0.25, -0.2) is 6.61 Å². The van der Waals surface area contributed by atoms with E-state index in [9.17, 15) is 0 Å². The van der Waals surface area contributed by atoms with Gasteiger partial charge in [0, 0.05) is 0 Å². The van der Waals surface area contributed by atoms with Gasteiger partial charge in [0.05, 0.1) is 0 Å². The molecule has 0 aliphatic rings. The van der Waals surface area contributed by atoms with Crippen molar-refractivity contribution in [1.29, 1.82) is 0 Å². The van der Waals surface area contributed by atoms with Crippen LogP contribution in [0.1, 0.15) is 0 Å². The Morgan fingerprint density at radius 1 is 1.83 bits per heavy atom. The average molecular weight is 163 g/mol. The van der Waals surface area contributed by atoms with Gasteiger partial charge in [-0.2, -0.15) is 0 Å². The van der Waals surface area contributed by atoms with Crippen molar-refractivity contribution in [1.82, 2.24) is 5.32 Å². The van der Waals surface area contributed by atoms with E-state index in [0.29, 0.717) is 6.54 Å². The van der Waals surface area contributed by atoms with Crippen LogP contribution in [0.25, 0.3) is 0 Å². The molecule has 0 radical (unpaired) electrons. The van der Waals surface area contributed by atoms with Gasteiger partial charge >= 0.3 is 32.7 Å². The fourth-order valence-electron chi connectivity index (χ4n) is 0.0913. The van der Waals surface area contributed by atoms with Crippen molar-refractivity contribution in [2.24, 2.45) is 0 Å². The van der Waals surface area contributed by atoms with Crippen LogP contribution in [-0.2, 0) is 32.7 Å². The maximum atomic E-state index is 7.88. The maximum absolute atomic E-state index is 7.88. The number of hydrogen-bond donors (Lipinski definition) is 2. The number of rotatable bonds is 2. The van der Waals surface area contributed by atoms with E-state index in [1.807, 2.05) is 0 Å². The molecule has 0 spiro atoms. The Balaban J connectivity index is 0. The molecule has 0 aromatic carbocycles. The molecule has 0 heterocycles. The van der Waals surface area contributed by atoms with E-state index in [2.05, 4.69) is 5.32 Å². The molecule has 2 N–H and O–H groups in total. The molecule has 0 saturated heterocycles. The minimum atomic E-state index is 0. The Morgan fingerprint density at radius 2 is 2.33 bits per heavy atom. The van der Waals surface area contributed by atoms with Gasteiger partial charge in [-0.3, -0.25) is 0 Å². The minimum absolute atomic E-state index is 0. The van der Waals surface area contributed by atoms with Crippen LogP contribution >= 0.6 is 0 Å². The molecule has 0 amide bonds. The summed E-state index contributed by atoms with van der Waals surface area (Å²) in [6.45, 7) is 1.64. The fourth-order valence-corrected chi connectivity index (χ4v) is 0.0913. The Bertz CT molecular complexity index is 18.3. The van der Waals surface area contributed by atoms with Crippen molar-refractivity contribution in [2.75, 3.05) is 13.6 Å². The van der Waals surface area contributed by atoms with E-state index in [1.54, 1.807) is 7.05 Å². The predicted octanol–water partition coefficient (Wildman–Crippen LogP) is -0.262. The number of nitrogens with one attached hydrogen (secondary N) is 1. The van der Waals surface area contributed by atoms with Crippen LogP contribution in [0.4, 0.5) is 0 Å². The fraction of sp³-hybridized carbons (Fsp3) is 0.667. The second-order valence-corrected chi connectivity index (χ2v) is 0.740. The Kier molecular flexibility index (Phi) is 15.8. The normalized spacial score (nSPS) is 7.00. The summed E-state index contributed by atoms with van der Waals surface area (Å²) in [5.41, 5.74) is 0. The molecule has 2 nitrogen and oxygen atoms in total. The van der Waals surface area contributed by atoms with Crippen LogP contribution in [-0.4, -0.2) is 18.7 Å². The SMILES string of the molecule is CNC[CH-]O.[Y+3]. The van der Waals surface area contributed by atoms with Crippen molar-refractivity contribution in [3.05, 3.63) is 6.61 Å². The molecule has 0 saturated carbocycles. The number of likely N-dealkylation sites (N-methyl/N-ethyl adjacent to an activating group) is 1. The Morgan fingerprint density at radius 3 is 2.33 bits per heavy atom. The predicted molar refractivity (Wildman–Crippen MR) is 20.2 cm³/mol. The molecule has 32 valence electrons. The molecular weight excluding hydrogens is 155 g/mol. The van der Waals surface area contributed by atoms with Crippen LogP contribution in [0, 0.1) is 6.61 Å². The summed E-state index contributed by atoms with van der Waals surface area (Å²) >= 11 is 0. The summed E-state index contributed by atoms with van der Waals surface area (Å²) < 4.78 is 0. The zero-order valence-electron chi connectivity index (χ0n) is 3.81. The first-order valence-electron chi connectivity index (χ1n) is 1.52.